The number of halogens is 2. The second-order valence-electron chi connectivity index (χ2n) is 5.90. The first-order chi connectivity index (χ1) is 11.7. The van der Waals surface area contributed by atoms with Crippen molar-refractivity contribution >= 4 is 48.2 Å². The Morgan fingerprint density at radius 2 is 1.88 bits per heavy atom. The normalized spacial score (nSPS) is 15.3. The third-order valence-electron chi connectivity index (χ3n) is 4.08. The third-order valence-corrected chi connectivity index (χ3v) is 5.16. The lowest BCUT2D eigenvalue weighted by Gasteiger charge is -2.31. The Labute approximate surface area is 170 Å². The molecule has 2 aromatic rings. The van der Waals surface area contributed by atoms with Gasteiger partial charge in [0.1, 0.15) is 5.54 Å². The van der Waals surface area contributed by atoms with Crippen LogP contribution in [0.2, 0.25) is 0 Å². The van der Waals surface area contributed by atoms with Gasteiger partial charge in [-0.1, -0.05) is 6.07 Å². The number of benzene rings is 1. The highest BCUT2D eigenvalue weighted by atomic mass is 35.5. The summed E-state index contributed by atoms with van der Waals surface area (Å²) in [5.41, 5.74) is 7.31. The lowest BCUT2D eigenvalue weighted by Crippen LogP contribution is -2.54. The van der Waals surface area contributed by atoms with Gasteiger partial charge >= 0.3 is 0 Å². The number of pyridine rings is 1. The second kappa shape index (κ2) is 10.7. The number of thioether (sulfide) groups is 1. The first-order valence-corrected chi connectivity index (χ1v) is 8.94. The molecule has 0 spiro atoms. The lowest BCUT2D eigenvalue weighted by atomic mass is 9.90. The number of carbonyl (C=O) groups excluding carboxylic acids is 1. The summed E-state index contributed by atoms with van der Waals surface area (Å²) in [6, 6.07) is 11.8. The van der Waals surface area contributed by atoms with Crippen molar-refractivity contribution < 1.29 is 9.53 Å². The SMILES string of the molecule is Cl.Cl.NC1(C(=O)Nc2ccc(SCc3cccnc3)cc2)CCOCC1. The molecule has 1 aliphatic heterocycles. The molecule has 1 saturated heterocycles. The number of ether oxygens (including phenoxy) is 1. The Kier molecular flexibility index (Phi) is 9.39. The van der Waals surface area contributed by atoms with Gasteiger partial charge < -0.3 is 15.8 Å². The van der Waals surface area contributed by atoms with E-state index in [1.165, 1.54) is 5.56 Å². The largest absolute Gasteiger partial charge is 0.381 e. The van der Waals surface area contributed by atoms with Crippen LogP contribution in [-0.4, -0.2) is 29.6 Å². The molecule has 8 heteroatoms. The summed E-state index contributed by atoms with van der Waals surface area (Å²) >= 11 is 1.73. The van der Waals surface area contributed by atoms with Gasteiger partial charge in [-0.2, -0.15) is 0 Å². The minimum Gasteiger partial charge on any atom is -0.381 e. The van der Waals surface area contributed by atoms with E-state index in [0.717, 1.165) is 16.3 Å². The first-order valence-electron chi connectivity index (χ1n) is 7.96. The Hall–Kier alpha value is -1.31. The molecule has 2 heterocycles. The van der Waals surface area contributed by atoms with E-state index >= 15 is 0 Å². The van der Waals surface area contributed by atoms with Gasteiger partial charge in [0.05, 0.1) is 0 Å². The van der Waals surface area contributed by atoms with Crippen LogP contribution in [0.4, 0.5) is 5.69 Å². The highest BCUT2D eigenvalue weighted by molar-refractivity contribution is 7.98. The van der Waals surface area contributed by atoms with Crippen LogP contribution in [0.5, 0.6) is 0 Å². The molecule has 3 rings (SSSR count). The van der Waals surface area contributed by atoms with E-state index in [2.05, 4.69) is 16.4 Å². The third kappa shape index (κ3) is 6.14. The molecule has 5 nitrogen and oxygen atoms in total. The molecule has 0 atom stereocenters. The molecule has 1 aliphatic rings. The molecule has 1 fully saturated rings. The second-order valence-corrected chi connectivity index (χ2v) is 6.95. The van der Waals surface area contributed by atoms with Crippen LogP contribution in [0.25, 0.3) is 0 Å². The van der Waals surface area contributed by atoms with Gasteiger partial charge in [0, 0.05) is 41.9 Å². The summed E-state index contributed by atoms with van der Waals surface area (Å²) in [5, 5.41) is 2.91. The van der Waals surface area contributed by atoms with Crippen molar-refractivity contribution in [1.82, 2.24) is 4.98 Å². The molecule has 0 saturated carbocycles. The number of amides is 1. The molecule has 1 aromatic heterocycles. The lowest BCUT2D eigenvalue weighted by molar-refractivity contribution is -0.124. The fourth-order valence-electron chi connectivity index (χ4n) is 2.50. The predicted molar refractivity (Wildman–Crippen MR) is 110 cm³/mol. The maximum absolute atomic E-state index is 12.4. The number of aromatic nitrogens is 1. The minimum absolute atomic E-state index is 0. The molecule has 142 valence electrons. The summed E-state index contributed by atoms with van der Waals surface area (Å²) in [7, 11) is 0. The van der Waals surface area contributed by atoms with E-state index < -0.39 is 5.54 Å². The molecule has 1 amide bonds. The zero-order valence-corrected chi connectivity index (χ0v) is 16.7. The molecule has 26 heavy (non-hydrogen) atoms. The van der Waals surface area contributed by atoms with Crippen molar-refractivity contribution in [2.45, 2.75) is 29.0 Å². The first kappa shape index (κ1) is 22.7. The van der Waals surface area contributed by atoms with E-state index in [0.29, 0.717) is 26.1 Å². The van der Waals surface area contributed by atoms with Crippen LogP contribution in [-0.2, 0) is 15.3 Å². The van der Waals surface area contributed by atoms with Gasteiger partial charge in [-0.05, 0) is 48.7 Å². The molecule has 0 aliphatic carbocycles. The number of nitrogens with zero attached hydrogens (tertiary/aromatic N) is 1. The van der Waals surface area contributed by atoms with Gasteiger partial charge in [0.2, 0.25) is 5.91 Å². The van der Waals surface area contributed by atoms with Crippen LogP contribution in [0.1, 0.15) is 18.4 Å². The van der Waals surface area contributed by atoms with Crippen LogP contribution in [0.3, 0.4) is 0 Å². The monoisotopic (exact) mass is 415 g/mol. The molecule has 0 radical (unpaired) electrons. The molecule has 3 N–H and O–H groups in total. The number of rotatable bonds is 5. The Morgan fingerprint density at radius 3 is 2.50 bits per heavy atom. The quantitative estimate of drug-likeness (QED) is 0.728. The fourth-order valence-corrected chi connectivity index (χ4v) is 3.34. The number of nitrogens with two attached hydrogens (primary N) is 1. The van der Waals surface area contributed by atoms with E-state index in [4.69, 9.17) is 10.5 Å². The summed E-state index contributed by atoms with van der Waals surface area (Å²) < 4.78 is 5.28. The van der Waals surface area contributed by atoms with Gasteiger partial charge in [-0.3, -0.25) is 9.78 Å². The molecular weight excluding hydrogens is 393 g/mol. The van der Waals surface area contributed by atoms with E-state index in [1.807, 2.05) is 36.5 Å². The zero-order valence-electron chi connectivity index (χ0n) is 14.2. The highest BCUT2D eigenvalue weighted by Crippen LogP contribution is 2.25. The summed E-state index contributed by atoms with van der Waals surface area (Å²) in [5.74, 6) is 0.729. The van der Waals surface area contributed by atoms with Crippen molar-refractivity contribution in [3.63, 3.8) is 0 Å². The van der Waals surface area contributed by atoms with Crippen molar-refractivity contribution in [2.75, 3.05) is 18.5 Å². The van der Waals surface area contributed by atoms with E-state index in [-0.39, 0.29) is 30.7 Å². The summed E-state index contributed by atoms with van der Waals surface area (Å²) in [4.78, 5) is 17.6. The van der Waals surface area contributed by atoms with Crippen LogP contribution < -0.4 is 11.1 Å². The highest BCUT2D eigenvalue weighted by Gasteiger charge is 2.35. The van der Waals surface area contributed by atoms with Crippen LogP contribution >= 0.6 is 36.6 Å². The van der Waals surface area contributed by atoms with Crippen molar-refractivity contribution in [2.24, 2.45) is 5.73 Å². The number of nitrogens with one attached hydrogen (secondary N) is 1. The molecule has 1 aromatic carbocycles. The Morgan fingerprint density at radius 1 is 1.19 bits per heavy atom. The van der Waals surface area contributed by atoms with Gasteiger partial charge in [-0.25, -0.2) is 0 Å². The smallest absolute Gasteiger partial charge is 0.244 e. The number of anilines is 1. The topological polar surface area (TPSA) is 77.2 Å². The van der Waals surface area contributed by atoms with Crippen LogP contribution in [0.15, 0.2) is 53.7 Å². The van der Waals surface area contributed by atoms with Gasteiger partial charge in [0.25, 0.3) is 0 Å². The summed E-state index contributed by atoms with van der Waals surface area (Å²) in [6.45, 7) is 1.07. The van der Waals surface area contributed by atoms with Crippen molar-refractivity contribution in [3.8, 4) is 0 Å². The number of carbonyl (C=O) groups is 1. The predicted octanol–water partition coefficient (Wildman–Crippen LogP) is 3.66. The maximum atomic E-state index is 12.4. The van der Waals surface area contributed by atoms with Crippen molar-refractivity contribution in [3.05, 3.63) is 54.4 Å². The van der Waals surface area contributed by atoms with E-state index in [1.54, 1.807) is 18.0 Å². The van der Waals surface area contributed by atoms with Crippen molar-refractivity contribution in [1.29, 1.82) is 0 Å². The minimum atomic E-state index is -0.827. The molecular formula is C18H23Cl2N3O2S. The Bertz CT molecular complexity index is 681. The van der Waals surface area contributed by atoms with Gasteiger partial charge in [-0.15, -0.1) is 36.6 Å². The summed E-state index contributed by atoms with van der Waals surface area (Å²) in [6.07, 6.45) is 4.75. The number of hydrogen-bond acceptors (Lipinski definition) is 5. The fraction of sp³-hybridized carbons (Fsp3) is 0.333. The maximum Gasteiger partial charge on any atom is 0.244 e. The molecule has 0 unspecified atom stereocenters. The zero-order chi connectivity index (χ0) is 16.8. The van der Waals surface area contributed by atoms with E-state index in [9.17, 15) is 4.79 Å². The number of hydrogen-bond donors (Lipinski definition) is 2. The van der Waals surface area contributed by atoms with Gasteiger partial charge in [0.15, 0.2) is 0 Å². The Balaban J connectivity index is 0.00000169. The average molecular weight is 416 g/mol. The average Bonchev–Trinajstić information content (AvgIpc) is 2.62. The molecule has 0 bridgehead atoms. The standard InChI is InChI=1S/C18H21N3O2S.2ClH/c19-18(7-10-23-11-8-18)17(22)21-15-3-5-16(6-4-15)24-13-14-2-1-9-20-12-14;;/h1-6,9,12H,7-8,10-11,13,19H2,(H,21,22);2*1H. The van der Waals surface area contributed by atoms with Crippen LogP contribution in [0, 0.1) is 0 Å².